The maximum Gasteiger partial charge on any atom is 0.416 e. The van der Waals surface area contributed by atoms with Crippen LogP contribution in [0.1, 0.15) is 76.2 Å². The first-order valence-electron chi connectivity index (χ1n) is 10.6. The average Bonchev–Trinajstić information content (AvgIpc) is 2.97. The van der Waals surface area contributed by atoms with Crippen molar-refractivity contribution in [1.29, 1.82) is 0 Å². The molecule has 1 spiro atoms. The van der Waals surface area contributed by atoms with Crippen LogP contribution in [0.15, 0.2) is 6.07 Å². The second-order valence-electron chi connectivity index (χ2n) is 8.83. The van der Waals surface area contributed by atoms with Crippen LogP contribution < -0.4 is 4.90 Å². The molecule has 0 bridgehead atoms. The summed E-state index contributed by atoms with van der Waals surface area (Å²) in [7, 11) is 0. The van der Waals surface area contributed by atoms with Crippen LogP contribution in [0.3, 0.4) is 0 Å². The summed E-state index contributed by atoms with van der Waals surface area (Å²) in [5.74, 6) is 1.99. The molecular weight excluding hydrogens is 340 g/mol. The van der Waals surface area contributed by atoms with Crippen molar-refractivity contribution in [3.63, 3.8) is 0 Å². The first-order chi connectivity index (χ1) is 13.0. The summed E-state index contributed by atoms with van der Waals surface area (Å²) in [4.78, 5) is 26.4. The number of anilines is 1. The lowest BCUT2D eigenvalue weighted by atomic mass is 9.85. The van der Waals surface area contributed by atoms with Crippen molar-refractivity contribution in [1.82, 2.24) is 14.9 Å². The van der Waals surface area contributed by atoms with Crippen molar-refractivity contribution in [2.75, 3.05) is 24.5 Å². The van der Waals surface area contributed by atoms with Crippen LogP contribution in [0.4, 0.5) is 10.6 Å². The molecule has 0 N–H and O–H groups in total. The molecular formula is C21H32N4O2. The van der Waals surface area contributed by atoms with Gasteiger partial charge in [0, 0.05) is 23.7 Å². The Morgan fingerprint density at radius 1 is 1.15 bits per heavy atom. The number of aryl methyl sites for hydroxylation is 1. The van der Waals surface area contributed by atoms with Crippen LogP contribution >= 0.6 is 0 Å². The molecule has 3 aliphatic rings. The summed E-state index contributed by atoms with van der Waals surface area (Å²) < 4.78 is 5.84. The number of rotatable bonds is 3. The topological polar surface area (TPSA) is 58.6 Å². The van der Waals surface area contributed by atoms with Crippen LogP contribution in [0.5, 0.6) is 0 Å². The van der Waals surface area contributed by atoms with Gasteiger partial charge in [-0.25, -0.2) is 14.8 Å². The fraction of sp³-hybridized carbons (Fsp3) is 0.762. The first kappa shape index (κ1) is 18.7. The van der Waals surface area contributed by atoms with Gasteiger partial charge in [0.05, 0.1) is 6.54 Å². The maximum atomic E-state index is 12.6. The van der Waals surface area contributed by atoms with Crippen molar-refractivity contribution in [3.05, 3.63) is 17.6 Å². The summed E-state index contributed by atoms with van der Waals surface area (Å²) in [5, 5.41) is 0. The highest BCUT2D eigenvalue weighted by Gasteiger charge is 2.46. The van der Waals surface area contributed by atoms with E-state index in [1.54, 1.807) is 4.90 Å². The van der Waals surface area contributed by atoms with Crippen molar-refractivity contribution in [2.24, 2.45) is 0 Å². The van der Waals surface area contributed by atoms with Crippen LogP contribution in [0.2, 0.25) is 0 Å². The monoisotopic (exact) mass is 372 g/mol. The molecule has 6 nitrogen and oxygen atoms in total. The quantitative estimate of drug-likeness (QED) is 0.802. The van der Waals surface area contributed by atoms with Crippen molar-refractivity contribution in [2.45, 2.75) is 83.3 Å². The average molecular weight is 373 g/mol. The number of aromatic nitrogens is 2. The highest BCUT2D eigenvalue weighted by atomic mass is 16.6. The molecule has 0 atom stereocenters. The van der Waals surface area contributed by atoms with E-state index in [1.165, 1.54) is 6.42 Å². The Kier molecular flexibility index (Phi) is 5.10. The zero-order valence-corrected chi connectivity index (χ0v) is 16.9. The molecule has 3 heterocycles. The molecule has 0 radical (unpaired) electrons. The highest BCUT2D eigenvalue weighted by molar-refractivity contribution is 5.89. The molecule has 1 aromatic rings. The summed E-state index contributed by atoms with van der Waals surface area (Å²) in [5.41, 5.74) is 0.635. The Hall–Kier alpha value is -1.69. The molecule has 1 amide bonds. The van der Waals surface area contributed by atoms with Gasteiger partial charge in [0.25, 0.3) is 0 Å². The zero-order chi connectivity index (χ0) is 19.0. The molecule has 0 aromatic carbocycles. The minimum absolute atomic E-state index is 0.240. The van der Waals surface area contributed by atoms with Crippen LogP contribution in [0, 0.1) is 6.92 Å². The normalized spacial score (nSPS) is 24.0. The first-order valence-corrected chi connectivity index (χ1v) is 10.6. The third kappa shape index (κ3) is 3.82. The second-order valence-corrected chi connectivity index (χ2v) is 8.83. The van der Waals surface area contributed by atoms with Gasteiger partial charge in [0.15, 0.2) is 0 Å². The fourth-order valence-corrected chi connectivity index (χ4v) is 4.83. The van der Waals surface area contributed by atoms with E-state index in [0.29, 0.717) is 18.5 Å². The van der Waals surface area contributed by atoms with Crippen molar-refractivity contribution in [3.8, 4) is 0 Å². The second kappa shape index (κ2) is 7.38. The Morgan fingerprint density at radius 2 is 1.85 bits per heavy atom. The predicted molar refractivity (Wildman–Crippen MR) is 105 cm³/mol. The maximum absolute atomic E-state index is 12.6. The molecule has 1 aromatic heterocycles. The van der Waals surface area contributed by atoms with E-state index in [2.05, 4.69) is 18.7 Å². The molecule has 1 saturated carbocycles. The number of carbonyl (C=O) groups is 1. The Balaban J connectivity index is 1.52. The number of amides is 1. The Bertz CT molecular complexity index is 691. The molecule has 3 fully saturated rings. The number of likely N-dealkylation sites (tertiary alicyclic amines) is 1. The number of hydrogen-bond donors (Lipinski definition) is 0. The highest BCUT2D eigenvalue weighted by Crippen LogP contribution is 2.38. The van der Waals surface area contributed by atoms with Gasteiger partial charge in [0.2, 0.25) is 0 Å². The third-order valence-electron chi connectivity index (χ3n) is 6.49. The van der Waals surface area contributed by atoms with E-state index in [0.717, 1.165) is 69.0 Å². The summed E-state index contributed by atoms with van der Waals surface area (Å²) in [6.07, 6.45) is 7.39. The minimum atomic E-state index is -0.295. The van der Waals surface area contributed by atoms with Crippen molar-refractivity contribution < 1.29 is 9.53 Å². The van der Waals surface area contributed by atoms with Gasteiger partial charge in [0.1, 0.15) is 17.2 Å². The molecule has 148 valence electrons. The Morgan fingerprint density at radius 3 is 2.52 bits per heavy atom. The van der Waals surface area contributed by atoms with Gasteiger partial charge in [-0.3, -0.25) is 4.90 Å². The van der Waals surface area contributed by atoms with Crippen molar-refractivity contribution >= 4 is 11.9 Å². The van der Waals surface area contributed by atoms with Crippen LogP contribution in [0.25, 0.3) is 0 Å². The lowest BCUT2D eigenvalue weighted by Crippen LogP contribution is -2.38. The molecule has 2 saturated heterocycles. The predicted octanol–water partition coefficient (Wildman–Crippen LogP) is 4.03. The van der Waals surface area contributed by atoms with Gasteiger partial charge in [-0.2, -0.15) is 0 Å². The van der Waals surface area contributed by atoms with Gasteiger partial charge < -0.3 is 9.64 Å². The van der Waals surface area contributed by atoms with E-state index < -0.39 is 0 Å². The number of piperidine rings is 1. The number of carbonyl (C=O) groups excluding carboxylic acids is 1. The van der Waals surface area contributed by atoms with Crippen LogP contribution in [-0.2, 0) is 4.74 Å². The van der Waals surface area contributed by atoms with E-state index >= 15 is 0 Å². The lowest BCUT2D eigenvalue weighted by Gasteiger charge is -2.34. The number of hydrogen-bond acceptors (Lipinski definition) is 5. The van der Waals surface area contributed by atoms with E-state index in [9.17, 15) is 4.79 Å². The SMILES string of the molecule is Cc1cc(N2CC3(CCCCC3)OC2=O)nc(C2CCN(C(C)C)CC2)n1. The van der Waals surface area contributed by atoms with E-state index in [1.807, 2.05) is 13.0 Å². The lowest BCUT2D eigenvalue weighted by molar-refractivity contribution is 0.0260. The van der Waals surface area contributed by atoms with E-state index in [4.69, 9.17) is 14.7 Å². The number of nitrogens with zero attached hydrogens (tertiary/aromatic N) is 4. The van der Waals surface area contributed by atoms with Gasteiger partial charge in [-0.1, -0.05) is 6.42 Å². The zero-order valence-electron chi connectivity index (χ0n) is 16.9. The third-order valence-corrected chi connectivity index (χ3v) is 6.49. The minimum Gasteiger partial charge on any atom is -0.441 e. The standard InChI is InChI=1S/C21H32N4O2/c1-15(2)24-11-7-17(8-12-24)19-22-16(3)13-18(23-19)25-14-21(27-20(25)26)9-5-4-6-10-21/h13,15,17H,4-12,14H2,1-3H3. The number of ether oxygens (including phenoxy) is 1. The van der Waals surface area contributed by atoms with Gasteiger partial charge >= 0.3 is 6.09 Å². The fourth-order valence-electron chi connectivity index (χ4n) is 4.83. The van der Waals surface area contributed by atoms with Gasteiger partial charge in [-0.15, -0.1) is 0 Å². The molecule has 2 aliphatic heterocycles. The van der Waals surface area contributed by atoms with Gasteiger partial charge in [-0.05, 0) is 72.4 Å². The molecule has 4 rings (SSSR count). The molecule has 1 aliphatic carbocycles. The summed E-state index contributed by atoms with van der Waals surface area (Å²) in [6.45, 7) is 9.31. The van der Waals surface area contributed by atoms with E-state index in [-0.39, 0.29) is 11.7 Å². The molecule has 6 heteroatoms. The summed E-state index contributed by atoms with van der Waals surface area (Å²) >= 11 is 0. The largest absolute Gasteiger partial charge is 0.441 e. The van der Waals surface area contributed by atoms with Crippen LogP contribution in [-0.4, -0.2) is 52.2 Å². The molecule has 0 unspecified atom stereocenters. The smallest absolute Gasteiger partial charge is 0.416 e. The summed E-state index contributed by atoms with van der Waals surface area (Å²) in [6, 6.07) is 2.52. The molecule has 27 heavy (non-hydrogen) atoms. The Labute approximate surface area is 162 Å².